The Labute approximate surface area is 185 Å². The second kappa shape index (κ2) is 8.26. The predicted molar refractivity (Wildman–Crippen MR) is 121 cm³/mol. The maximum atomic E-state index is 12.3. The molecular weight excluding hydrogens is 392 g/mol. The lowest BCUT2D eigenvalue weighted by Gasteiger charge is -2.55. The third-order valence-corrected chi connectivity index (χ3v) is 7.30. The van der Waals surface area contributed by atoms with Gasteiger partial charge < -0.3 is 30.7 Å². The van der Waals surface area contributed by atoms with Crippen LogP contribution < -0.4 is 11.1 Å². The van der Waals surface area contributed by atoms with Crippen molar-refractivity contribution in [2.24, 2.45) is 11.7 Å². The van der Waals surface area contributed by atoms with Gasteiger partial charge in [-0.25, -0.2) is 4.79 Å². The molecule has 2 fully saturated rings. The molecule has 2 heterocycles. The number of ether oxygens (including phenoxy) is 1. The van der Waals surface area contributed by atoms with E-state index < -0.39 is 11.1 Å². The van der Waals surface area contributed by atoms with Gasteiger partial charge in [0.2, 0.25) is 0 Å². The number of nitrogens with zero attached hydrogens (tertiary/aromatic N) is 2. The van der Waals surface area contributed by atoms with Gasteiger partial charge in [-0.15, -0.1) is 0 Å². The first kappa shape index (κ1) is 22.4. The molecule has 0 saturated carbocycles. The number of carbonyl (C=O) groups excluding carboxylic acids is 1. The van der Waals surface area contributed by atoms with Gasteiger partial charge in [-0.1, -0.05) is 6.07 Å². The van der Waals surface area contributed by atoms with Crippen LogP contribution in [0.15, 0.2) is 18.2 Å². The molecule has 3 aliphatic rings. The van der Waals surface area contributed by atoms with E-state index in [9.17, 15) is 9.90 Å². The van der Waals surface area contributed by atoms with E-state index in [1.54, 1.807) is 6.07 Å². The average molecular weight is 431 g/mol. The van der Waals surface area contributed by atoms with Crippen molar-refractivity contribution in [1.29, 1.82) is 0 Å². The average Bonchev–Trinajstić information content (AvgIpc) is 2.70. The molecule has 1 amide bonds. The van der Waals surface area contributed by atoms with Crippen LogP contribution in [-0.4, -0.2) is 71.9 Å². The molecule has 1 unspecified atom stereocenters. The van der Waals surface area contributed by atoms with Crippen LogP contribution in [0.25, 0.3) is 0 Å². The highest BCUT2D eigenvalue weighted by molar-refractivity contribution is 5.68. The fourth-order valence-corrected chi connectivity index (χ4v) is 5.52. The smallest absolute Gasteiger partial charge is 0.410 e. The number of phenolic OH excluding ortho intramolecular Hbond substituents is 1. The van der Waals surface area contributed by atoms with Crippen LogP contribution in [-0.2, 0) is 16.7 Å². The number of aromatic hydroxyl groups is 1. The number of hydrogen-bond acceptors (Lipinski definition) is 6. The standard InChI is InChI=1S/C24H38N4O3/c1-23(2,3)31-22(30)28-10-7-16(8-11-28)15-26-21-20-13-17-5-6-18(29)14-19(17)24(21,25)9-12-27(20)4/h5-6,14,16,20-21,26,29H,7-13,15,25H2,1-4H3/t20-,21?,24-/m1/s1. The maximum absolute atomic E-state index is 12.3. The minimum Gasteiger partial charge on any atom is -0.508 e. The van der Waals surface area contributed by atoms with Crippen molar-refractivity contribution in [3.63, 3.8) is 0 Å². The molecule has 7 heteroatoms. The minimum atomic E-state index is -0.472. The number of phenols is 1. The predicted octanol–water partition coefficient (Wildman–Crippen LogP) is 2.41. The van der Waals surface area contributed by atoms with Crippen LogP contribution >= 0.6 is 0 Å². The molecule has 31 heavy (non-hydrogen) atoms. The molecule has 172 valence electrons. The van der Waals surface area contributed by atoms with Gasteiger partial charge in [-0.05, 0) is 89.2 Å². The number of likely N-dealkylation sites (N-methyl/N-ethyl adjacent to an activating group) is 1. The Kier molecular flexibility index (Phi) is 5.96. The summed E-state index contributed by atoms with van der Waals surface area (Å²) in [7, 11) is 2.18. The summed E-state index contributed by atoms with van der Waals surface area (Å²) in [5, 5.41) is 13.9. The number of piperidine rings is 2. The zero-order chi connectivity index (χ0) is 22.4. The fraction of sp³-hybridized carbons (Fsp3) is 0.708. The highest BCUT2D eigenvalue weighted by atomic mass is 16.6. The van der Waals surface area contributed by atoms with Gasteiger partial charge in [0.25, 0.3) is 0 Å². The molecule has 4 rings (SSSR count). The van der Waals surface area contributed by atoms with E-state index in [4.69, 9.17) is 10.5 Å². The van der Waals surface area contributed by atoms with Gasteiger partial charge in [0.1, 0.15) is 11.4 Å². The molecule has 0 aromatic heterocycles. The van der Waals surface area contributed by atoms with E-state index in [0.717, 1.165) is 57.4 Å². The van der Waals surface area contributed by atoms with Gasteiger partial charge in [0.15, 0.2) is 0 Å². The minimum absolute atomic E-state index is 0.143. The molecule has 7 nitrogen and oxygen atoms in total. The highest BCUT2D eigenvalue weighted by Crippen LogP contribution is 2.42. The molecule has 1 aliphatic carbocycles. The summed E-state index contributed by atoms with van der Waals surface area (Å²) >= 11 is 0. The fourth-order valence-electron chi connectivity index (χ4n) is 5.52. The molecule has 1 aromatic carbocycles. The third kappa shape index (κ3) is 4.54. The normalized spacial score (nSPS) is 29.5. The summed E-state index contributed by atoms with van der Waals surface area (Å²) in [6.45, 7) is 9.03. The molecule has 4 N–H and O–H groups in total. The van der Waals surface area contributed by atoms with Crippen LogP contribution in [0.1, 0.15) is 51.2 Å². The number of nitrogens with two attached hydrogens (primary N) is 1. The topological polar surface area (TPSA) is 91.1 Å². The molecular formula is C24H38N4O3. The number of nitrogens with one attached hydrogen (secondary N) is 1. The quantitative estimate of drug-likeness (QED) is 0.682. The Morgan fingerprint density at radius 3 is 2.68 bits per heavy atom. The van der Waals surface area contributed by atoms with Crippen LogP contribution in [0.2, 0.25) is 0 Å². The first-order valence-corrected chi connectivity index (χ1v) is 11.6. The number of hydrogen-bond donors (Lipinski definition) is 3. The Morgan fingerprint density at radius 2 is 2.00 bits per heavy atom. The van der Waals surface area contributed by atoms with Gasteiger partial charge in [0.05, 0.1) is 5.54 Å². The SMILES string of the molecule is CN1CC[C@@]2(N)c3cc(O)ccc3C[C@@H]1C2NCC1CCN(C(=O)OC(C)(C)C)CC1. The molecule has 2 bridgehead atoms. The van der Waals surface area contributed by atoms with Gasteiger partial charge in [-0.3, -0.25) is 0 Å². The summed E-state index contributed by atoms with van der Waals surface area (Å²) < 4.78 is 5.51. The van der Waals surface area contributed by atoms with Crippen molar-refractivity contribution in [2.45, 2.75) is 69.7 Å². The van der Waals surface area contributed by atoms with Crippen molar-refractivity contribution in [2.75, 3.05) is 33.2 Å². The van der Waals surface area contributed by atoms with Crippen molar-refractivity contribution >= 4 is 6.09 Å². The Hall–Kier alpha value is -1.83. The van der Waals surface area contributed by atoms with E-state index >= 15 is 0 Å². The largest absolute Gasteiger partial charge is 0.508 e. The van der Waals surface area contributed by atoms with E-state index in [1.165, 1.54) is 5.56 Å². The monoisotopic (exact) mass is 430 g/mol. The lowest BCUT2D eigenvalue weighted by molar-refractivity contribution is 0.0172. The van der Waals surface area contributed by atoms with Crippen LogP contribution in [0, 0.1) is 5.92 Å². The van der Waals surface area contributed by atoms with Crippen LogP contribution in [0.5, 0.6) is 5.75 Å². The second-order valence-electron chi connectivity index (χ2n) is 10.7. The van der Waals surface area contributed by atoms with E-state index in [1.807, 2.05) is 37.8 Å². The zero-order valence-electron chi connectivity index (χ0n) is 19.4. The highest BCUT2D eigenvalue weighted by Gasteiger charge is 2.50. The molecule has 1 aromatic rings. The molecule has 2 aliphatic heterocycles. The lowest BCUT2D eigenvalue weighted by atomic mass is 9.66. The van der Waals surface area contributed by atoms with E-state index in [0.29, 0.717) is 12.0 Å². The van der Waals surface area contributed by atoms with Gasteiger partial charge in [-0.2, -0.15) is 0 Å². The number of carbonyl (C=O) groups is 1. The summed E-state index contributed by atoms with van der Waals surface area (Å²) in [6, 6.07) is 6.15. The van der Waals surface area contributed by atoms with Crippen molar-refractivity contribution in [1.82, 2.24) is 15.1 Å². The second-order valence-corrected chi connectivity index (χ2v) is 10.7. The van der Waals surface area contributed by atoms with Crippen LogP contribution in [0.3, 0.4) is 0 Å². The van der Waals surface area contributed by atoms with Gasteiger partial charge >= 0.3 is 6.09 Å². The number of rotatable bonds is 3. The summed E-state index contributed by atoms with van der Waals surface area (Å²) in [5.74, 6) is 0.799. The molecule has 0 spiro atoms. The van der Waals surface area contributed by atoms with Crippen molar-refractivity contribution in [3.05, 3.63) is 29.3 Å². The first-order valence-electron chi connectivity index (χ1n) is 11.6. The van der Waals surface area contributed by atoms with E-state index in [2.05, 4.69) is 17.3 Å². The van der Waals surface area contributed by atoms with Crippen molar-refractivity contribution in [3.8, 4) is 5.75 Å². The number of benzene rings is 1. The van der Waals surface area contributed by atoms with E-state index in [-0.39, 0.29) is 17.9 Å². The molecule has 2 saturated heterocycles. The van der Waals surface area contributed by atoms with Gasteiger partial charge in [0, 0.05) is 31.7 Å². The number of amides is 1. The Balaban J connectivity index is 1.39. The third-order valence-electron chi connectivity index (χ3n) is 7.30. The molecule has 3 atom stereocenters. The first-order chi connectivity index (χ1) is 14.6. The summed E-state index contributed by atoms with van der Waals surface area (Å²) in [6.07, 6.45) is 3.54. The summed E-state index contributed by atoms with van der Waals surface area (Å²) in [5.41, 5.74) is 8.47. The van der Waals surface area contributed by atoms with Crippen molar-refractivity contribution < 1.29 is 14.6 Å². The summed E-state index contributed by atoms with van der Waals surface area (Å²) in [4.78, 5) is 16.6. The Morgan fingerprint density at radius 1 is 1.29 bits per heavy atom. The molecule has 0 radical (unpaired) electrons. The number of fused-ring (bicyclic) bond motifs is 4. The Bertz CT molecular complexity index is 816. The van der Waals surface area contributed by atoms with Crippen LogP contribution in [0.4, 0.5) is 4.79 Å². The lowest BCUT2D eigenvalue weighted by Crippen LogP contribution is -2.70. The maximum Gasteiger partial charge on any atom is 0.410 e. The number of likely N-dealkylation sites (tertiary alicyclic amines) is 2. The zero-order valence-corrected chi connectivity index (χ0v) is 19.4.